The van der Waals surface area contributed by atoms with Crippen molar-refractivity contribution in [2.75, 3.05) is 6.61 Å². The predicted molar refractivity (Wildman–Crippen MR) is 90.2 cm³/mol. The van der Waals surface area contributed by atoms with Gasteiger partial charge in [0, 0.05) is 6.20 Å². The van der Waals surface area contributed by atoms with E-state index in [-0.39, 0.29) is 6.61 Å². The second-order valence-corrected chi connectivity index (χ2v) is 6.38. The molecule has 0 aromatic carbocycles. The number of ether oxygens (including phenoxy) is 1. The number of carbonyl (C=O) groups excluding carboxylic acids is 2. The summed E-state index contributed by atoms with van der Waals surface area (Å²) in [5.74, 6) is -0.439. The quantitative estimate of drug-likeness (QED) is 0.687. The van der Waals surface area contributed by atoms with Gasteiger partial charge in [0.05, 0.1) is 18.3 Å². The number of aromatic nitrogens is 1. The lowest BCUT2D eigenvalue weighted by Gasteiger charge is -2.24. The van der Waals surface area contributed by atoms with Gasteiger partial charge in [0.2, 0.25) is 5.91 Å². The number of nitrogens with zero attached hydrogens (tertiary/aromatic N) is 1. The molecule has 0 aliphatic heterocycles. The van der Waals surface area contributed by atoms with Crippen molar-refractivity contribution in [2.45, 2.75) is 45.4 Å². The fraction of sp³-hybridized carbons (Fsp3) is 0.471. The molecule has 0 aliphatic carbocycles. The molecule has 2 atom stereocenters. The second kappa shape index (κ2) is 8.44. The Bertz CT molecular complexity index is 581. The Kier molecular flexibility index (Phi) is 6.91. The topological polar surface area (TPSA) is 101 Å². The highest BCUT2D eigenvalue weighted by Gasteiger charge is 2.24. The van der Waals surface area contributed by atoms with Gasteiger partial charge in [-0.2, -0.15) is 0 Å². The Labute approximate surface area is 142 Å². The molecule has 132 valence electrons. The zero-order valence-corrected chi connectivity index (χ0v) is 14.5. The molecule has 0 saturated carbocycles. The molecule has 1 aromatic heterocycles. The third kappa shape index (κ3) is 6.37. The zero-order chi connectivity index (χ0) is 18.3. The number of carbonyl (C=O) groups is 2. The van der Waals surface area contributed by atoms with Crippen LogP contribution in [0.4, 0.5) is 4.79 Å². The molecule has 0 saturated heterocycles. The Hall–Kier alpha value is -2.41. The number of amides is 2. The predicted octanol–water partition coefficient (Wildman–Crippen LogP) is 1.70. The SMILES string of the molecule is C=C(CO)C(NC(=O)[C@H](C)NC(=O)OC(C)(C)C)c1ccccn1. The lowest BCUT2D eigenvalue weighted by molar-refractivity contribution is -0.123. The third-order valence-electron chi connectivity index (χ3n) is 3.01. The molecule has 24 heavy (non-hydrogen) atoms. The van der Waals surface area contributed by atoms with Crippen molar-refractivity contribution in [2.24, 2.45) is 0 Å². The summed E-state index contributed by atoms with van der Waals surface area (Å²) in [5, 5.41) is 14.5. The molecule has 1 aromatic rings. The van der Waals surface area contributed by atoms with Gasteiger partial charge in [-0.15, -0.1) is 0 Å². The van der Waals surface area contributed by atoms with Gasteiger partial charge in [0.25, 0.3) is 0 Å². The largest absolute Gasteiger partial charge is 0.444 e. The molecular formula is C17H25N3O4. The highest BCUT2D eigenvalue weighted by molar-refractivity contribution is 5.85. The van der Waals surface area contributed by atoms with Crippen LogP contribution in [-0.4, -0.2) is 40.3 Å². The molecule has 0 fully saturated rings. The van der Waals surface area contributed by atoms with Crippen molar-refractivity contribution in [1.82, 2.24) is 15.6 Å². The van der Waals surface area contributed by atoms with Gasteiger partial charge in [0.15, 0.2) is 0 Å². The van der Waals surface area contributed by atoms with Gasteiger partial charge in [-0.1, -0.05) is 12.6 Å². The van der Waals surface area contributed by atoms with Crippen molar-refractivity contribution < 1.29 is 19.4 Å². The van der Waals surface area contributed by atoms with E-state index >= 15 is 0 Å². The van der Waals surface area contributed by atoms with E-state index in [2.05, 4.69) is 22.2 Å². The molecule has 1 unspecified atom stereocenters. The first-order valence-corrected chi connectivity index (χ1v) is 7.63. The molecule has 0 spiro atoms. The summed E-state index contributed by atoms with van der Waals surface area (Å²) in [6.45, 7) is 10.2. The smallest absolute Gasteiger partial charge is 0.408 e. The number of nitrogens with one attached hydrogen (secondary N) is 2. The van der Waals surface area contributed by atoms with E-state index in [0.29, 0.717) is 11.3 Å². The van der Waals surface area contributed by atoms with Gasteiger partial charge >= 0.3 is 6.09 Å². The summed E-state index contributed by atoms with van der Waals surface area (Å²) < 4.78 is 5.12. The van der Waals surface area contributed by atoms with Crippen LogP contribution in [0, 0.1) is 0 Å². The summed E-state index contributed by atoms with van der Waals surface area (Å²) in [5.41, 5.74) is 0.294. The maximum Gasteiger partial charge on any atom is 0.408 e. The molecule has 3 N–H and O–H groups in total. The lowest BCUT2D eigenvalue weighted by atomic mass is 10.0. The number of hydrogen-bond acceptors (Lipinski definition) is 5. The van der Waals surface area contributed by atoms with E-state index in [9.17, 15) is 14.7 Å². The summed E-state index contributed by atoms with van der Waals surface area (Å²) >= 11 is 0. The van der Waals surface area contributed by atoms with Gasteiger partial charge in [-0.3, -0.25) is 9.78 Å². The minimum Gasteiger partial charge on any atom is -0.444 e. The van der Waals surface area contributed by atoms with Gasteiger partial charge in [-0.05, 0) is 45.4 Å². The van der Waals surface area contributed by atoms with Crippen molar-refractivity contribution in [1.29, 1.82) is 0 Å². The van der Waals surface area contributed by atoms with Crippen LogP contribution in [0.2, 0.25) is 0 Å². The van der Waals surface area contributed by atoms with Crippen LogP contribution in [0.3, 0.4) is 0 Å². The van der Waals surface area contributed by atoms with Crippen molar-refractivity contribution in [3.63, 3.8) is 0 Å². The van der Waals surface area contributed by atoms with Gasteiger partial charge in [-0.25, -0.2) is 4.79 Å². The first-order valence-electron chi connectivity index (χ1n) is 7.63. The molecule has 1 rings (SSSR count). The maximum atomic E-state index is 12.3. The van der Waals surface area contributed by atoms with E-state index in [0.717, 1.165) is 0 Å². The number of alkyl carbamates (subject to hydrolysis) is 1. The van der Waals surface area contributed by atoms with Crippen LogP contribution in [-0.2, 0) is 9.53 Å². The van der Waals surface area contributed by atoms with Gasteiger partial charge in [0.1, 0.15) is 11.6 Å². The average Bonchev–Trinajstić information content (AvgIpc) is 2.50. The fourth-order valence-corrected chi connectivity index (χ4v) is 1.84. The summed E-state index contributed by atoms with van der Waals surface area (Å²) in [6, 6.07) is 3.77. The minimum atomic E-state index is -0.822. The van der Waals surface area contributed by atoms with Crippen LogP contribution in [0.5, 0.6) is 0 Å². The molecule has 7 nitrogen and oxygen atoms in total. The van der Waals surface area contributed by atoms with Crippen LogP contribution < -0.4 is 10.6 Å². The second-order valence-electron chi connectivity index (χ2n) is 6.38. The average molecular weight is 335 g/mol. The zero-order valence-electron chi connectivity index (χ0n) is 14.5. The van der Waals surface area contributed by atoms with E-state index in [1.165, 1.54) is 6.92 Å². The van der Waals surface area contributed by atoms with E-state index < -0.39 is 29.7 Å². The van der Waals surface area contributed by atoms with Gasteiger partial charge < -0.3 is 20.5 Å². The normalized spacial score (nSPS) is 13.5. The maximum absolute atomic E-state index is 12.3. The molecular weight excluding hydrogens is 310 g/mol. The van der Waals surface area contributed by atoms with Crippen molar-refractivity contribution >= 4 is 12.0 Å². The molecule has 0 radical (unpaired) electrons. The van der Waals surface area contributed by atoms with E-state index in [1.807, 2.05) is 0 Å². The number of pyridine rings is 1. The van der Waals surface area contributed by atoms with E-state index in [1.54, 1.807) is 45.2 Å². The molecule has 1 heterocycles. The number of aliphatic hydroxyl groups is 1. The standard InChI is InChI=1S/C17H25N3O4/c1-11(10-21)14(13-8-6-7-9-18-13)20-15(22)12(2)19-16(23)24-17(3,4)5/h6-9,12,14,21H,1,10H2,2-5H3,(H,19,23)(H,20,22)/t12-,14?/m0/s1. The monoisotopic (exact) mass is 335 g/mol. The number of rotatable bonds is 6. The molecule has 7 heteroatoms. The minimum absolute atomic E-state index is 0.296. The van der Waals surface area contributed by atoms with Crippen molar-refractivity contribution in [3.8, 4) is 0 Å². The number of hydrogen-bond donors (Lipinski definition) is 3. The number of aliphatic hydroxyl groups excluding tert-OH is 1. The Morgan fingerprint density at radius 3 is 2.50 bits per heavy atom. The highest BCUT2D eigenvalue weighted by atomic mass is 16.6. The molecule has 2 amide bonds. The Morgan fingerprint density at radius 2 is 2.00 bits per heavy atom. The Balaban J connectivity index is 2.74. The first-order chi connectivity index (χ1) is 11.1. The molecule has 0 bridgehead atoms. The first kappa shape index (κ1) is 19.6. The molecule has 0 aliphatic rings. The third-order valence-corrected chi connectivity index (χ3v) is 3.01. The summed E-state index contributed by atoms with van der Waals surface area (Å²) in [6.07, 6.45) is 0.905. The van der Waals surface area contributed by atoms with Crippen molar-refractivity contribution in [3.05, 3.63) is 42.2 Å². The van der Waals surface area contributed by atoms with Crippen LogP contribution in [0.15, 0.2) is 36.5 Å². The van der Waals surface area contributed by atoms with Crippen LogP contribution in [0.1, 0.15) is 39.4 Å². The Morgan fingerprint density at radius 1 is 1.33 bits per heavy atom. The van der Waals surface area contributed by atoms with Crippen LogP contribution >= 0.6 is 0 Å². The summed E-state index contributed by atoms with van der Waals surface area (Å²) in [4.78, 5) is 28.2. The van der Waals surface area contributed by atoms with E-state index in [4.69, 9.17) is 4.74 Å². The fourth-order valence-electron chi connectivity index (χ4n) is 1.84. The lowest BCUT2D eigenvalue weighted by Crippen LogP contribution is -2.47. The highest BCUT2D eigenvalue weighted by Crippen LogP contribution is 2.18. The summed E-state index contributed by atoms with van der Waals surface area (Å²) in [7, 11) is 0. The van der Waals surface area contributed by atoms with Crippen LogP contribution in [0.25, 0.3) is 0 Å².